The molecule has 0 aliphatic carbocycles. The van der Waals surface area contributed by atoms with Crippen molar-refractivity contribution < 1.29 is 9.90 Å². The number of hydrogen-bond donors (Lipinski definition) is 2. The number of aliphatic carboxylic acids is 1. The maximum absolute atomic E-state index is 11.1. The van der Waals surface area contributed by atoms with E-state index in [0.29, 0.717) is 0 Å². The minimum atomic E-state index is -0.759. The van der Waals surface area contributed by atoms with E-state index in [1.165, 1.54) is 11.8 Å². The van der Waals surface area contributed by atoms with Gasteiger partial charge in [-0.05, 0) is 31.4 Å². The number of carboxylic acid groups (broad SMARTS) is 1. The normalized spacial score (nSPS) is 23.4. The lowest BCUT2D eigenvalue weighted by Gasteiger charge is -2.29. The van der Waals surface area contributed by atoms with E-state index in [0.717, 1.165) is 15.5 Å². The topological polar surface area (TPSA) is 49.3 Å². The first-order valence-corrected chi connectivity index (χ1v) is 7.06. The van der Waals surface area contributed by atoms with Crippen LogP contribution in [0.4, 0.5) is 5.69 Å². The lowest BCUT2D eigenvalue weighted by atomic mass is 10.2. The van der Waals surface area contributed by atoms with Crippen LogP contribution >= 0.6 is 23.5 Å². The standard InChI is InChI=1S/C11H13NO2S2/c1-6-10(11(13)14)16-9-5-7(15-2)3-4-8(9)12-6/h3-6,10,12H,1-2H3,(H,13,14). The molecule has 0 bridgehead atoms. The van der Waals surface area contributed by atoms with Gasteiger partial charge in [0, 0.05) is 21.5 Å². The summed E-state index contributed by atoms with van der Waals surface area (Å²) in [7, 11) is 0. The fraction of sp³-hybridized carbons (Fsp3) is 0.364. The Morgan fingerprint density at radius 2 is 2.31 bits per heavy atom. The van der Waals surface area contributed by atoms with Gasteiger partial charge < -0.3 is 10.4 Å². The van der Waals surface area contributed by atoms with Gasteiger partial charge in [0.05, 0.1) is 0 Å². The average Bonchev–Trinajstić information content (AvgIpc) is 2.27. The minimum Gasteiger partial charge on any atom is -0.480 e. The van der Waals surface area contributed by atoms with E-state index >= 15 is 0 Å². The molecule has 0 fully saturated rings. The predicted molar refractivity (Wildman–Crippen MR) is 68.6 cm³/mol. The van der Waals surface area contributed by atoms with Gasteiger partial charge in [-0.1, -0.05) is 0 Å². The first-order valence-electron chi connectivity index (χ1n) is 4.96. The van der Waals surface area contributed by atoms with Crippen LogP contribution in [0.15, 0.2) is 28.0 Å². The molecule has 3 nitrogen and oxygen atoms in total. The summed E-state index contributed by atoms with van der Waals surface area (Å²) in [6.45, 7) is 1.90. The van der Waals surface area contributed by atoms with E-state index in [9.17, 15) is 4.79 Å². The molecule has 2 N–H and O–H groups in total. The molecular weight excluding hydrogens is 242 g/mol. The monoisotopic (exact) mass is 255 g/mol. The highest BCUT2D eigenvalue weighted by Crippen LogP contribution is 2.39. The number of thioether (sulfide) groups is 2. The van der Waals surface area contributed by atoms with E-state index in [1.807, 2.05) is 31.4 Å². The SMILES string of the molecule is CSc1ccc2c(c1)SC(C(=O)O)C(C)N2. The number of carboxylic acids is 1. The van der Waals surface area contributed by atoms with E-state index in [2.05, 4.69) is 5.32 Å². The summed E-state index contributed by atoms with van der Waals surface area (Å²) in [6, 6.07) is 6.06. The van der Waals surface area contributed by atoms with Crippen molar-refractivity contribution in [3.63, 3.8) is 0 Å². The third-order valence-corrected chi connectivity index (χ3v) is 4.70. The van der Waals surface area contributed by atoms with Crippen molar-refractivity contribution in [2.24, 2.45) is 0 Å². The number of anilines is 1. The molecule has 0 radical (unpaired) electrons. The fourth-order valence-corrected chi connectivity index (χ4v) is 3.28. The Balaban J connectivity index is 2.32. The molecule has 0 amide bonds. The van der Waals surface area contributed by atoms with Crippen LogP contribution in [0.5, 0.6) is 0 Å². The molecule has 0 saturated carbocycles. The molecule has 1 heterocycles. The Morgan fingerprint density at radius 3 is 2.94 bits per heavy atom. The van der Waals surface area contributed by atoms with Gasteiger partial charge in [0.25, 0.3) is 0 Å². The van der Waals surface area contributed by atoms with Crippen LogP contribution in [-0.2, 0) is 4.79 Å². The molecule has 2 atom stereocenters. The maximum Gasteiger partial charge on any atom is 0.319 e. The van der Waals surface area contributed by atoms with Crippen molar-refractivity contribution in [1.29, 1.82) is 0 Å². The number of carbonyl (C=O) groups is 1. The molecule has 16 heavy (non-hydrogen) atoms. The van der Waals surface area contributed by atoms with E-state index < -0.39 is 11.2 Å². The maximum atomic E-state index is 11.1. The zero-order valence-electron chi connectivity index (χ0n) is 9.06. The van der Waals surface area contributed by atoms with E-state index in [1.54, 1.807) is 11.8 Å². The zero-order valence-corrected chi connectivity index (χ0v) is 10.7. The van der Waals surface area contributed by atoms with Crippen LogP contribution in [0, 0.1) is 0 Å². The molecule has 0 spiro atoms. The van der Waals surface area contributed by atoms with E-state index in [-0.39, 0.29) is 6.04 Å². The van der Waals surface area contributed by atoms with Crippen molar-refractivity contribution >= 4 is 35.2 Å². The van der Waals surface area contributed by atoms with Gasteiger partial charge >= 0.3 is 5.97 Å². The molecule has 86 valence electrons. The molecule has 1 aliphatic rings. The van der Waals surface area contributed by atoms with Crippen LogP contribution in [-0.4, -0.2) is 28.6 Å². The molecule has 1 aromatic carbocycles. The smallest absolute Gasteiger partial charge is 0.319 e. The van der Waals surface area contributed by atoms with Crippen molar-refractivity contribution in [3.05, 3.63) is 18.2 Å². The minimum absolute atomic E-state index is 0.0462. The number of nitrogens with one attached hydrogen (secondary N) is 1. The number of benzene rings is 1. The molecular formula is C11H13NO2S2. The van der Waals surface area contributed by atoms with Crippen molar-refractivity contribution in [2.45, 2.75) is 28.0 Å². The zero-order chi connectivity index (χ0) is 11.7. The second kappa shape index (κ2) is 4.59. The summed E-state index contributed by atoms with van der Waals surface area (Å²) >= 11 is 3.09. The average molecular weight is 255 g/mol. The van der Waals surface area contributed by atoms with E-state index in [4.69, 9.17) is 5.11 Å². The molecule has 1 aromatic rings. The quantitative estimate of drug-likeness (QED) is 0.796. The summed E-state index contributed by atoms with van der Waals surface area (Å²) < 4.78 is 0. The highest BCUT2D eigenvalue weighted by molar-refractivity contribution is 8.01. The first-order chi connectivity index (χ1) is 7.61. The largest absolute Gasteiger partial charge is 0.480 e. The number of hydrogen-bond acceptors (Lipinski definition) is 4. The van der Waals surface area contributed by atoms with Crippen LogP contribution < -0.4 is 5.32 Å². The lowest BCUT2D eigenvalue weighted by molar-refractivity contribution is -0.136. The predicted octanol–water partition coefficient (Wildman–Crippen LogP) is 2.77. The molecule has 1 aliphatic heterocycles. The van der Waals surface area contributed by atoms with Crippen LogP contribution in [0.3, 0.4) is 0 Å². The Morgan fingerprint density at radius 1 is 1.56 bits per heavy atom. The van der Waals surface area contributed by atoms with Crippen molar-refractivity contribution in [2.75, 3.05) is 11.6 Å². The summed E-state index contributed by atoms with van der Waals surface area (Å²) in [4.78, 5) is 13.2. The Labute approximate surface area is 103 Å². The third kappa shape index (κ3) is 2.15. The van der Waals surface area contributed by atoms with Crippen molar-refractivity contribution in [3.8, 4) is 0 Å². The summed E-state index contributed by atoms with van der Waals surface area (Å²) in [5, 5.41) is 11.9. The second-order valence-electron chi connectivity index (χ2n) is 3.67. The van der Waals surface area contributed by atoms with Gasteiger partial charge in [0.1, 0.15) is 5.25 Å². The summed E-state index contributed by atoms with van der Waals surface area (Å²) in [5.41, 5.74) is 1.04. The Kier molecular flexibility index (Phi) is 3.35. The Hall–Kier alpha value is -0.810. The van der Waals surface area contributed by atoms with Gasteiger partial charge in [-0.3, -0.25) is 4.79 Å². The first kappa shape index (κ1) is 11.7. The van der Waals surface area contributed by atoms with Crippen LogP contribution in [0.1, 0.15) is 6.92 Å². The summed E-state index contributed by atoms with van der Waals surface area (Å²) in [5.74, 6) is -0.759. The molecule has 0 saturated heterocycles. The number of rotatable bonds is 2. The van der Waals surface area contributed by atoms with Gasteiger partial charge in [0.2, 0.25) is 0 Å². The summed E-state index contributed by atoms with van der Waals surface area (Å²) in [6.07, 6.45) is 2.01. The van der Waals surface area contributed by atoms with Gasteiger partial charge in [-0.15, -0.1) is 23.5 Å². The highest BCUT2D eigenvalue weighted by atomic mass is 32.2. The van der Waals surface area contributed by atoms with Crippen molar-refractivity contribution in [1.82, 2.24) is 0 Å². The van der Waals surface area contributed by atoms with Gasteiger partial charge in [-0.25, -0.2) is 0 Å². The molecule has 5 heteroatoms. The highest BCUT2D eigenvalue weighted by Gasteiger charge is 2.31. The second-order valence-corrected chi connectivity index (χ2v) is 5.73. The van der Waals surface area contributed by atoms with Gasteiger partial charge in [0.15, 0.2) is 0 Å². The number of fused-ring (bicyclic) bond motifs is 1. The van der Waals surface area contributed by atoms with Gasteiger partial charge in [-0.2, -0.15) is 0 Å². The van der Waals surface area contributed by atoms with Crippen LogP contribution in [0.2, 0.25) is 0 Å². The molecule has 2 rings (SSSR count). The fourth-order valence-electron chi connectivity index (χ4n) is 1.67. The molecule has 2 unspecified atom stereocenters. The Bertz CT molecular complexity index is 422. The van der Waals surface area contributed by atoms with Crippen LogP contribution in [0.25, 0.3) is 0 Å². The lowest BCUT2D eigenvalue weighted by Crippen LogP contribution is -2.37. The molecule has 0 aromatic heterocycles. The third-order valence-electron chi connectivity index (χ3n) is 2.52.